The summed E-state index contributed by atoms with van der Waals surface area (Å²) < 4.78 is 37.6. The van der Waals surface area contributed by atoms with Crippen LogP contribution in [0.5, 0.6) is 23.0 Å². The van der Waals surface area contributed by atoms with Crippen LogP contribution in [0.3, 0.4) is 0 Å². The maximum atomic E-state index is 13.7. The van der Waals surface area contributed by atoms with Gasteiger partial charge in [-0.1, -0.05) is 37.1 Å². The van der Waals surface area contributed by atoms with Crippen LogP contribution in [0.4, 0.5) is 36.4 Å². The number of likely N-dealkylation sites (N-methyl/N-ethyl adjacent to an activating group) is 5. The van der Waals surface area contributed by atoms with E-state index in [4.69, 9.17) is 34.8 Å². The zero-order chi connectivity index (χ0) is 59.9. The van der Waals surface area contributed by atoms with Gasteiger partial charge < -0.3 is 57.8 Å². The van der Waals surface area contributed by atoms with Crippen molar-refractivity contribution in [1.82, 2.24) is 39.0 Å². The molecule has 10 rings (SSSR count). The maximum Gasteiger partial charge on any atom is 0.415 e. The van der Waals surface area contributed by atoms with E-state index >= 15 is 0 Å². The standard InChI is InChI=1S/C62H67N12O11/c1-9-10-55(75)73-24-21-40(2)51(35-73)71(7)57-47-23-26-74(58(47)64-38-63-57)59(76)67(3)27-28-68(4)60(77)81-36-41-11-16-45(17-12-41)65-66-46-18-13-42(14-19-46)37-82-61(78)69(5)29-30-70(6)62(79)85-56-49-34-72-25-22-44-32-53-54(84-39-83-53)33-48(44)50(72)31-43(49)15-20-52(56)80-8/h1,11-20,23,26,31-34,38,40,51H,10,21-22,24-25,27-30,35-37,39H2,2-8H3/q+1/t40-,51+/m1/s1. The summed E-state index contributed by atoms with van der Waals surface area (Å²) in [4.78, 5) is 84.4. The number of aromatic nitrogens is 4. The molecule has 7 aromatic rings. The van der Waals surface area contributed by atoms with Gasteiger partial charge in [0.1, 0.15) is 25.4 Å². The van der Waals surface area contributed by atoms with E-state index in [1.54, 1.807) is 93.9 Å². The largest absolute Gasteiger partial charge is 0.493 e. The van der Waals surface area contributed by atoms with Crippen molar-refractivity contribution in [3.63, 3.8) is 0 Å². The van der Waals surface area contributed by atoms with Crippen molar-refractivity contribution >= 4 is 69.2 Å². The molecule has 0 aliphatic carbocycles. The molecule has 5 amide bonds. The van der Waals surface area contributed by atoms with Gasteiger partial charge in [0.15, 0.2) is 41.4 Å². The number of nitrogens with zero attached hydrogens (tertiary/aromatic N) is 12. The highest BCUT2D eigenvalue weighted by Gasteiger charge is 2.34. The third-order valence-corrected chi connectivity index (χ3v) is 15.7. The number of terminal acetylenes is 1. The lowest BCUT2D eigenvalue weighted by atomic mass is 9.92. The predicted molar refractivity (Wildman–Crippen MR) is 314 cm³/mol. The predicted octanol–water partition coefficient (Wildman–Crippen LogP) is 8.81. The summed E-state index contributed by atoms with van der Waals surface area (Å²) in [5, 5.41) is 10.9. The van der Waals surface area contributed by atoms with Crippen molar-refractivity contribution in [2.45, 2.75) is 52.0 Å². The molecule has 0 spiro atoms. The zero-order valence-electron chi connectivity index (χ0n) is 48.6. The molecule has 1 fully saturated rings. The van der Waals surface area contributed by atoms with E-state index in [1.165, 1.54) is 43.2 Å². The molecular weight excluding hydrogens is 1090 g/mol. The second-order valence-electron chi connectivity index (χ2n) is 21.3. The first-order valence-electron chi connectivity index (χ1n) is 27.8. The summed E-state index contributed by atoms with van der Waals surface area (Å²) in [6, 6.07) is 25.5. The molecule has 23 heteroatoms. The number of fused-ring (bicyclic) bond motifs is 6. The van der Waals surface area contributed by atoms with E-state index in [1.807, 2.05) is 37.5 Å². The van der Waals surface area contributed by atoms with Crippen molar-refractivity contribution in [2.75, 3.05) is 93.3 Å². The molecule has 3 aliphatic rings. The number of methoxy groups -OCH3 is 1. The molecule has 3 aromatic heterocycles. The number of carbonyl (C=O) groups excluding carboxylic acids is 5. The molecule has 2 atom stereocenters. The van der Waals surface area contributed by atoms with Gasteiger partial charge in [-0.05, 0) is 89.0 Å². The number of hydrogen-bond donors (Lipinski definition) is 0. The number of rotatable bonds is 17. The first kappa shape index (κ1) is 58.2. The Balaban J connectivity index is 0.637. The Hall–Kier alpha value is -9.98. The molecule has 440 valence electrons. The highest BCUT2D eigenvalue weighted by atomic mass is 16.7. The Morgan fingerprint density at radius 3 is 2.02 bits per heavy atom. The summed E-state index contributed by atoms with van der Waals surface area (Å²) in [7, 11) is 9.92. The molecule has 85 heavy (non-hydrogen) atoms. The molecule has 0 bridgehead atoms. The minimum Gasteiger partial charge on any atom is -0.493 e. The molecular formula is C62H67N12O11+. The summed E-state index contributed by atoms with van der Waals surface area (Å²) >= 11 is 0. The number of anilines is 1. The quantitative estimate of drug-likeness (QED) is 0.0473. The number of benzene rings is 4. The molecule has 0 unspecified atom stereocenters. The molecule has 0 N–H and O–H groups in total. The highest BCUT2D eigenvalue weighted by molar-refractivity contribution is 5.95. The zero-order valence-corrected chi connectivity index (χ0v) is 48.6. The topological polar surface area (TPSA) is 219 Å². The third-order valence-electron chi connectivity index (χ3n) is 15.7. The van der Waals surface area contributed by atoms with E-state index in [0.29, 0.717) is 64.0 Å². The van der Waals surface area contributed by atoms with Crippen LogP contribution in [0.15, 0.2) is 114 Å². The van der Waals surface area contributed by atoms with Gasteiger partial charge in [-0.2, -0.15) is 14.8 Å². The second-order valence-corrected chi connectivity index (χ2v) is 21.3. The Kier molecular flexibility index (Phi) is 17.6. The van der Waals surface area contributed by atoms with Crippen molar-refractivity contribution < 1.29 is 57.0 Å². The van der Waals surface area contributed by atoms with E-state index in [9.17, 15) is 24.0 Å². The van der Waals surface area contributed by atoms with Crippen molar-refractivity contribution in [3.8, 4) is 46.6 Å². The molecule has 0 saturated carbocycles. The minimum absolute atomic E-state index is 0.0132. The van der Waals surface area contributed by atoms with Crippen LogP contribution < -0.4 is 28.4 Å². The van der Waals surface area contributed by atoms with Crippen LogP contribution in [0.25, 0.3) is 33.1 Å². The summed E-state index contributed by atoms with van der Waals surface area (Å²) in [5.41, 5.74) is 6.33. The number of pyridine rings is 1. The Bertz CT molecular complexity index is 3730. The lowest BCUT2D eigenvalue weighted by molar-refractivity contribution is -0.686. The van der Waals surface area contributed by atoms with Crippen LogP contribution in [0, 0.1) is 18.3 Å². The smallest absolute Gasteiger partial charge is 0.415 e. The average Bonchev–Trinajstić information content (AvgIpc) is 3.97. The van der Waals surface area contributed by atoms with Crippen molar-refractivity contribution in [1.29, 1.82) is 0 Å². The summed E-state index contributed by atoms with van der Waals surface area (Å²) in [6.07, 6.45) is 10.4. The molecule has 23 nitrogen and oxygen atoms in total. The van der Waals surface area contributed by atoms with E-state index < -0.39 is 18.3 Å². The molecule has 1 saturated heterocycles. The van der Waals surface area contributed by atoms with E-state index in [-0.39, 0.29) is 76.5 Å². The van der Waals surface area contributed by atoms with Crippen molar-refractivity contribution in [2.24, 2.45) is 16.1 Å². The number of hydrogen-bond acceptors (Lipinski definition) is 16. The normalized spacial score (nSPS) is 14.9. The number of azo groups is 1. The van der Waals surface area contributed by atoms with Crippen molar-refractivity contribution in [3.05, 3.63) is 120 Å². The van der Waals surface area contributed by atoms with E-state index in [0.717, 1.165) is 52.9 Å². The minimum atomic E-state index is -0.615. The van der Waals surface area contributed by atoms with Gasteiger partial charge in [0.2, 0.25) is 18.4 Å². The molecule has 0 radical (unpaired) electrons. The van der Waals surface area contributed by atoms with Crippen LogP contribution in [-0.4, -0.2) is 164 Å². The number of piperidine rings is 1. The number of amides is 5. The van der Waals surface area contributed by atoms with Crippen LogP contribution in [0.2, 0.25) is 0 Å². The van der Waals surface area contributed by atoms with Gasteiger partial charge in [-0.3, -0.25) is 9.36 Å². The second kappa shape index (κ2) is 25.7. The SMILES string of the molecule is C#CCC(=O)N1CC[C@@H](C)[C@@H](N(C)c2ncnc3c2ccn3C(=O)N(C)CCN(C)C(=O)OCc2ccc(N=Nc3ccc(COC(=O)N(C)CCN(C)C(=O)Oc4c(OC)ccc5cc6[n+](cc45)CCc4cc5c(cc4-6)OCO5)cc3)cc2)C1. The lowest BCUT2D eigenvalue weighted by Crippen LogP contribution is -2.52. The van der Waals surface area contributed by atoms with Gasteiger partial charge in [-0.25, -0.2) is 29.1 Å². The molecule has 6 heterocycles. The maximum absolute atomic E-state index is 13.7. The number of aryl methyl sites for hydroxylation is 2. The fourth-order valence-electron chi connectivity index (χ4n) is 10.4. The Morgan fingerprint density at radius 1 is 0.765 bits per heavy atom. The molecule has 3 aliphatic heterocycles. The number of ether oxygens (including phenoxy) is 6. The fraction of sp³-hybridized carbons (Fsp3) is 0.355. The van der Waals surface area contributed by atoms with Crippen LogP contribution in [-0.2, 0) is 40.4 Å². The number of carbonyl (C=O) groups is 5. The van der Waals surface area contributed by atoms with Gasteiger partial charge in [0.25, 0.3) is 0 Å². The van der Waals surface area contributed by atoms with Gasteiger partial charge >= 0.3 is 24.3 Å². The van der Waals surface area contributed by atoms with Gasteiger partial charge in [0, 0.05) is 93.2 Å². The Morgan fingerprint density at radius 2 is 1.39 bits per heavy atom. The summed E-state index contributed by atoms with van der Waals surface area (Å²) in [5.74, 6) is 5.49. The Labute approximate surface area is 491 Å². The highest BCUT2D eigenvalue weighted by Crippen LogP contribution is 2.42. The summed E-state index contributed by atoms with van der Waals surface area (Å²) in [6.45, 7) is 5.05. The fourth-order valence-corrected chi connectivity index (χ4v) is 10.4. The van der Waals surface area contributed by atoms with Crippen LogP contribution >= 0.6 is 0 Å². The number of likely N-dealkylation sites (tertiary alicyclic amines) is 1. The average molecular weight is 1160 g/mol. The first-order valence-corrected chi connectivity index (χ1v) is 27.8. The lowest BCUT2D eigenvalue weighted by Gasteiger charge is -2.42. The van der Waals surface area contributed by atoms with Crippen LogP contribution in [0.1, 0.15) is 36.5 Å². The third kappa shape index (κ3) is 13.0. The van der Waals surface area contributed by atoms with Gasteiger partial charge in [0.05, 0.1) is 47.3 Å². The van der Waals surface area contributed by atoms with Gasteiger partial charge in [-0.15, -0.1) is 6.42 Å². The molecule has 4 aromatic carbocycles. The first-order chi connectivity index (χ1) is 41.1. The van der Waals surface area contributed by atoms with E-state index in [2.05, 4.69) is 48.6 Å². The monoisotopic (exact) mass is 1160 g/mol.